The molecule has 0 amide bonds. The van der Waals surface area contributed by atoms with Crippen LogP contribution >= 0.6 is 0 Å². The van der Waals surface area contributed by atoms with E-state index in [1.54, 1.807) is 6.92 Å². The van der Waals surface area contributed by atoms with Crippen molar-refractivity contribution in [3.63, 3.8) is 0 Å². The summed E-state index contributed by atoms with van der Waals surface area (Å²) in [6.07, 6.45) is 0.756. The van der Waals surface area contributed by atoms with Gasteiger partial charge in [-0.3, -0.25) is 9.59 Å². The molecule has 0 aromatic carbocycles. The highest BCUT2D eigenvalue weighted by atomic mass is 19.3. The summed E-state index contributed by atoms with van der Waals surface area (Å²) in [5.74, 6) is -2.27. The Hall–Kier alpha value is -2.25. The predicted octanol–water partition coefficient (Wildman–Crippen LogP) is 0.760. The van der Waals surface area contributed by atoms with Gasteiger partial charge < -0.3 is 9.99 Å². The van der Waals surface area contributed by atoms with E-state index in [1.165, 1.54) is 21.9 Å². The summed E-state index contributed by atoms with van der Waals surface area (Å²) >= 11 is 0. The fourth-order valence-electron chi connectivity index (χ4n) is 2.48. The Balaban J connectivity index is 2.06. The highest BCUT2D eigenvalue weighted by Gasteiger charge is 2.34. The van der Waals surface area contributed by atoms with Gasteiger partial charge in [0.05, 0.1) is 10.9 Å². The molecule has 1 saturated heterocycles. The fraction of sp³-hybridized carbons (Fsp3) is 0.462. The van der Waals surface area contributed by atoms with Gasteiger partial charge in [0.2, 0.25) is 0 Å². The van der Waals surface area contributed by atoms with Crippen molar-refractivity contribution in [1.82, 2.24) is 14.6 Å². The Morgan fingerprint density at radius 1 is 1.29 bits per heavy atom. The molecular weight excluding hydrogens is 282 g/mol. The number of hydrogen-bond donors (Lipinski definition) is 1. The summed E-state index contributed by atoms with van der Waals surface area (Å²) in [5, 5.41) is 1.79. The number of aryl methyl sites for hydroxylation is 1. The van der Waals surface area contributed by atoms with E-state index in [-0.39, 0.29) is 42.4 Å². The predicted molar refractivity (Wildman–Crippen MR) is 73.5 cm³/mol. The lowest BCUT2D eigenvalue weighted by molar-refractivity contribution is -0.0260. The van der Waals surface area contributed by atoms with Gasteiger partial charge >= 0.3 is 0 Å². The molecule has 0 radical (unpaired) electrons. The third-order valence-electron chi connectivity index (χ3n) is 3.62. The first-order chi connectivity index (χ1) is 9.85. The number of rotatable bonds is 1. The van der Waals surface area contributed by atoms with E-state index >= 15 is 0 Å². The van der Waals surface area contributed by atoms with Gasteiger partial charge in [0.1, 0.15) is 5.82 Å². The molecule has 0 spiro atoms. The van der Waals surface area contributed by atoms with Gasteiger partial charge in [0.15, 0.2) is 0 Å². The number of aromatic amines is 1. The highest BCUT2D eigenvalue weighted by molar-refractivity contribution is 5.76. The number of nitrogens with zero attached hydrogens (tertiary/aromatic N) is 3. The average Bonchev–Trinajstić information content (AvgIpc) is 2.38. The minimum absolute atomic E-state index is 0.0651. The summed E-state index contributed by atoms with van der Waals surface area (Å²) < 4.78 is 27.6. The van der Waals surface area contributed by atoms with E-state index in [9.17, 15) is 18.4 Å². The van der Waals surface area contributed by atoms with Gasteiger partial charge in [0, 0.05) is 38.2 Å². The summed E-state index contributed by atoms with van der Waals surface area (Å²) in [5.41, 5.74) is -0.432. The maximum absolute atomic E-state index is 13.2. The van der Waals surface area contributed by atoms with Crippen molar-refractivity contribution in [1.29, 1.82) is 0 Å². The van der Waals surface area contributed by atoms with Crippen LogP contribution in [0.15, 0.2) is 21.9 Å². The molecule has 0 saturated carbocycles. The van der Waals surface area contributed by atoms with E-state index in [2.05, 4.69) is 9.97 Å². The number of hydrogen-bond acceptors (Lipinski definition) is 4. The van der Waals surface area contributed by atoms with Crippen molar-refractivity contribution in [3.8, 4) is 0 Å². The number of H-pyrrole nitrogens is 1. The molecule has 0 atom stereocenters. The van der Waals surface area contributed by atoms with E-state index in [0.29, 0.717) is 11.3 Å². The Bertz CT molecular complexity index is 802. The van der Waals surface area contributed by atoms with Gasteiger partial charge in [0.25, 0.3) is 17.0 Å². The van der Waals surface area contributed by atoms with Crippen LogP contribution in [-0.2, 0) is 0 Å². The smallest absolute Gasteiger partial charge is 0.271 e. The van der Waals surface area contributed by atoms with Gasteiger partial charge in [-0.05, 0) is 6.92 Å². The van der Waals surface area contributed by atoms with Crippen LogP contribution in [0.4, 0.5) is 8.78 Å². The lowest BCUT2D eigenvalue weighted by Crippen LogP contribution is -2.49. The summed E-state index contributed by atoms with van der Waals surface area (Å²) in [4.78, 5) is 30.7. The SMILES string of the molecule is Cc1nc2cc(=O)n(N3CCC(F)(F)CC3)cc2c(=O)[nH]1. The van der Waals surface area contributed by atoms with Gasteiger partial charge in [-0.15, -0.1) is 0 Å². The van der Waals surface area contributed by atoms with Gasteiger partial charge in [-0.2, -0.15) is 0 Å². The van der Waals surface area contributed by atoms with E-state index in [1.807, 2.05) is 0 Å². The van der Waals surface area contributed by atoms with Crippen molar-refractivity contribution < 1.29 is 8.78 Å². The Morgan fingerprint density at radius 3 is 2.62 bits per heavy atom. The molecule has 21 heavy (non-hydrogen) atoms. The zero-order chi connectivity index (χ0) is 15.2. The normalized spacial score (nSPS) is 18.1. The number of halogens is 2. The molecule has 8 heteroatoms. The zero-order valence-corrected chi connectivity index (χ0v) is 11.4. The van der Waals surface area contributed by atoms with Crippen LogP contribution in [0.2, 0.25) is 0 Å². The summed E-state index contributed by atoms with van der Waals surface area (Å²) in [7, 11) is 0. The number of piperidine rings is 1. The number of aromatic nitrogens is 3. The fourth-order valence-corrected chi connectivity index (χ4v) is 2.48. The Kier molecular flexibility index (Phi) is 3.03. The monoisotopic (exact) mass is 296 g/mol. The molecule has 0 unspecified atom stereocenters. The van der Waals surface area contributed by atoms with Crippen LogP contribution in [-0.4, -0.2) is 33.7 Å². The maximum Gasteiger partial charge on any atom is 0.271 e. The van der Waals surface area contributed by atoms with Gasteiger partial charge in [-0.1, -0.05) is 0 Å². The average molecular weight is 296 g/mol. The quantitative estimate of drug-likeness (QED) is 0.843. The van der Waals surface area contributed by atoms with Crippen LogP contribution in [0.25, 0.3) is 10.9 Å². The van der Waals surface area contributed by atoms with E-state index in [4.69, 9.17) is 0 Å². The molecule has 0 aliphatic carbocycles. The number of alkyl halides is 2. The third kappa shape index (κ3) is 2.53. The molecule has 3 heterocycles. The lowest BCUT2D eigenvalue weighted by Gasteiger charge is -2.34. The first kappa shape index (κ1) is 13.7. The molecule has 6 nitrogen and oxygen atoms in total. The molecule has 1 aliphatic heterocycles. The summed E-state index contributed by atoms with van der Waals surface area (Å²) in [6, 6.07) is 1.25. The van der Waals surface area contributed by atoms with Crippen molar-refractivity contribution in [3.05, 3.63) is 38.8 Å². The molecule has 3 rings (SSSR count). The molecule has 112 valence electrons. The molecule has 0 bridgehead atoms. The number of pyridine rings is 1. The standard InChI is InChI=1S/C13H14F2N4O2/c1-8-16-10-6-11(20)19(7-9(10)12(21)17-8)18-4-2-13(14,15)3-5-18/h6-7H,2-5H2,1H3,(H,16,17,21). The van der Waals surface area contributed by atoms with Crippen LogP contribution < -0.4 is 16.1 Å². The minimum Gasteiger partial charge on any atom is -0.310 e. The number of nitrogens with one attached hydrogen (secondary N) is 1. The first-order valence-electron chi connectivity index (χ1n) is 6.62. The Morgan fingerprint density at radius 2 is 1.95 bits per heavy atom. The van der Waals surface area contributed by atoms with E-state index in [0.717, 1.165) is 0 Å². The maximum atomic E-state index is 13.2. The van der Waals surface area contributed by atoms with E-state index < -0.39 is 5.92 Å². The molecule has 2 aromatic heterocycles. The molecule has 2 aromatic rings. The largest absolute Gasteiger partial charge is 0.310 e. The van der Waals surface area contributed by atoms with Crippen LogP contribution in [0.5, 0.6) is 0 Å². The summed E-state index contributed by atoms with van der Waals surface area (Å²) in [6.45, 7) is 1.75. The van der Waals surface area contributed by atoms with Crippen LogP contribution in [0.3, 0.4) is 0 Å². The second kappa shape index (κ2) is 4.64. The zero-order valence-electron chi connectivity index (χ0n) is 11.4. The topological polar surface area (TPSA) is 71.0 Å². The molecule has 1 fully saturated rings. The minimum atomic E-state index is -2.69. The number of fused-ring (bicyclic) bond motifs is 1. The second-order valence-corrected chi connectivity index (χ2v) is 5.22. The molecule has 1 aliphatic rings. The molecule has 1 N–H and O–H groups in total. The van der Waals surface area contributed by atoms with Crippen molar-refractivity contribution in [2.24, 2.45) is 0 Å². The van der Waals surface area contributed by atoms with Crippen molar-refractivity contribution in [2.45, 2.75) is 25.7 Å². The van der Waals surface area contributed by atoms with Crippen molar-refractivity contribution in [2.75, 3.05) is 18.1 Å². The van der Waals surface area contributed by atoms with Gasteiger partial charge in [-0.25, -0.2) is 18.4 Å². The molecular formula is C13H14F2N4O2. The highest BCUT2D eigenvalue weighted by Crippen LogP contribution is 2.26. The second-order valence-electron chi connectivity index (χ2n) is 5.22. The van der Waals surface area contributed by atoms with Crippen LogP contribution in [0, 0.1) is 6.92 Å². The Labute approximate surface area is 118 Å². The lowest BCUT2D eigenvalue weighted by atomic mass is 10.1. The van der Waals surface area contributed by atoms with Crippen LogP contribution in [0.1, 0.15) is 18.7 Å². The third-order valence-corrected chi connectivity index (χ3v) is 3.62. The first-order valence-corrected chi connectivity index (χ1v) is 6.62. The van der Waals surface area contributed by atoms with Crippen molar-refractivity contribution >= 4 is 10.9 Å².